The molecule has 0 aromatic rings. The monoisotopic (exact) mass is 224 g/mol. The zero-order valence-electron chi connectivity index (χ0n) is 9.43. The van der Waals surface area contributed by atoms with Crippen LogP contribution in [0.4, 0.5) is 0 Å². The predicted molar refractivity (Wildman–Crippen MR) is 61.2 cm³/mol. The third kappa shape index (κ3) is 3.15. The van der Waals surface area contributed by atoms with E-state index >= 15 is 0 Å². The van der Waals surface area contributed by atoms with Gasteiger partial charge < -0.3 is 0 Å². The molecular weight excluding hydrogens is 208 g/mol. The molecule has 2 amide bonds. The van der Waals surface area contributed by atoms with Crippen LogP contribution in [0.15, 0.2) is 10.1 Å². The van der Waals surface area contributed by atoms with Gasteiger partial charge in [0.05, 0.1) is 6.54 Å². The first-order valence-electron chi connectivity index (χ1n) is 5.17. The number of amides is 2. The minimum atomic E-state index is -0.103. The Kier molecular flexibility index (Phi) is 4.63. The van der Waals surface area contributed by atoms with Crippen LogP contribution >= 0.6 is 0 Å². The minimum Gasteiger partial charge on any atom is -0.281 e. The fraction of sp³-hybridized carbons (Fsp3) is 0.600. The summed E-state index contributed by atoms with van der Waals surface area (Å²) in [6, 6.07) is 0. The Labute approximate surface area is 94.6 Å². The summed E-state index contributed by atoms with van der Waals surface area (Å²) in [7, 11) is 1.62. The normalized spacial score (nSPS) is 16.9. The molecule has 0 aromatic carbocycles. The molecule has 0 unspecified atom stereocenters. The lowest BCUT2D eigenvalue weighted by Gasteiger charge is -2.26. The fourth-order valence-corrected chi connectivity index (χ4v) is 1.55. The lowest BCUT2D eigenvalue weighted by molar-refractivity contribution is -0.148. The Morgan fingerprint density at radius 2 is 2.06 bits per heavy atom. The maximum absolute atomic E-state index is 11.5. The van der Waals surface area contributed by atoms with Gasteiger partial charge in [0.2, 0.25) is 11.8 Å². The summed E-state index contributed by atoms with van der Waals surface area (Å²) >= 11 is 0. The van der Waals surface area contributed by atoms with Gasteiger partial charge in [-0.2, -0.15) is 5.10 Å². The van der Waals surface area contributed by atoms with Gasteiger partial charge >= 0.3 is 0 Å². The second kappa shape index (κ2) is 5.99. The summed E-state index contributed by atoms with van der Waals surface area (Å²) in [6.45, 7) is 4.14. The Hall–Kier alpha value is -1.72. The number of aliphatic imine (C=N–C) groups is 1. The van der Waals surface area contributed by atoms with E-state index in [-0.39, 0.29) is 11.8 Å². The van der Waals surface area contributed by atoms with Crippen molar-refractivity contribution in [1.82, 2.24) is 9.91 Å². The summed E-state index contributed by atoms with van der Waals surface area (Å²) in [4.78, 5) is 28.0. The molecule has 6 heteroatoms. The predicted octanol–water partition coefficient (Wildman–Crippen LogP) is 0.101. The Balaban J connectivity index is 2.49. The molecule has 0 atom stereocenters. The summed E-state index contributed by atoms with van der Waals surface area (Å²) < 4.78 is 0. The third-order valence-corrected chi connectivity index (χ3v) is 2.37. The molecule has 6 nitrogen and oxygen atoms in total. The highest BCUT2D eigenvalue weighted by Gasteiger charge is 2.25. The van der Waals surface area contributed by atoms with Gasteiger partial charge in [0.1, 0.15) is 6.34 Å². The Morgan fingerprint density at radius 3 is 2.56 bits per heavy atom. The van der Waals surface area contributed by atoms with E-state index in [4.69, 9.17) is 0 Å². The second-order valence-electron chi connectivity index (χ2n) is 3.47. The number of hydrogen-bond acceptors (Lipinski definition) is 4. The van der Waals surface area contributed by atoms with Crippen LogP contribution in [0.3, 0.4) is 0 Å². The maximum atomic E-state index is 11.5. The van der Waals surface area contributed by atoms with Crippen molar-refractivity contribution in [3.8, 4) is 0 Å². The third-order valence-electron chi connectivity index (χ3n) is 2.37. The molecule has 1 heterocycles. The van der Waals surface area contributed by atoms with Crippen LogP contribution in [0.5, 0.6) is 0 Å². The summed E-state index contributed by atoms with van der Waals surface area (Å²) in [5.41, 5.74) is 0. The number of imide groups is 1. The van der Waals surface area contributed by atoms with Gasteiger partial charge in [-0.15, -0.1) is 0 Å². The molecule has 1 saturated heterocycles. The van der Waals surface area contributed by atoms with Crippen molar-refractivity contribution in [3.63, 3.8) is 0 Å². The van der Waals surface area contributed by atoms with Gasteiger partial charge in [0, 0.05) is 33.2 Å². The summed E-state index contributed by atoms with van der Waals surface area (Å²) in [5, 5.41) is 5.19. The first kappa shape index (κ1) is 12.4. The lowest BCUT2D eigenvalue weighted by atomic mass is 10.1. The van der Waals surface area contributed by atoms with E-state index < -0.39 is 0 Å². The molecule has 1 aliphatic heterocycles. The molecule has 0 N–H and O–H groups in total. The lowest BCUT2D eigenvalue weighted by Crippen LogP contribution is -2.43. The molecule has 0 aromatic heterocycles. The van der Waals surface area contributed by atoms with E-state index in [0.717, 1.165) is 0 Å². The molecule has 0 bridgehead atoms. The molecule has 0 saturated carbocycles. The largest absolute Gasteiger partial charge is 0.281 e. The van der Waals surface area contributed by atoms with E-state index in [0.29, 0.717) is 32.4 Å². The van der Waals surface area contributed by atoms with Gasteiger partial charge in [-0.25, -0.2) is 0 Å². The van der Waals surface area contributed by atoms with Crippen LogP contribution < -0.4 is 0 Å². The van der Waals surface area contributed by atoms with Gasteiger partial charge in [-0.1, -0.05) is 0 Å². The van der Waals surface area contributed by atoms with Crippen LogP contribution in [0.1, 0.15) is 19.3 Å². The van der Waals surface area contributed by atoms with Crippen LogP contribution in [-0.2, 0) is 9.59 Å². The van der Waals surface area contributed by atoms with Crippen molar-refractivity contribution in [2.24, 2.45) is 10.1 Å². The fourth-order valence-electron chi connectivity index (χ4n) is 1.55. The highest BCUT2D eigenvalue weighted by molar-refractivity contribution is 5.97. The Morgan fingerprint density at radius 1 is 1.44 bits per heavy atom. The molecule has 0 radical (unpaired) electrons. The standard InChI is InChI=1S/C10H16N4O2/c1-11-8-13(12-2)6-7-14-9(15)4-3-5-10(14)16/h8H,2-7H2,1H3. The smallest absolute Gasteiger partial charge is 0.229 e. The van der Waals surface area contributed by atoms with Crippen LogP contribution in [0.2, 0.25) is 0 Å². The quantitative estimate of drug-likeness (QED) is 0.288. The van der Waals surface area contributed by atoms with Crippen LogP contribution in [0, 0.1) is 0 Å². The molecule has 88 valence electrons. The number of nitrogens with zero attached hydrogens (tertiary/aromatic N) is 4. The number of piperidine rings is 1. The number of hydrazone groups is 1. The highest BCUT2D eigenvalue weighted by Crippen LogP contribution is 2.11. The van der Waals surface area contributed by atoms with Crippen molar-refractivity contribution in [1.29, 1.82) is 0 Å². The van der Waals surface area contributed by atoms with Gasteiger partial charge in [0.15, 0.2) is 0 Å². The van der Waals surface area contributed by atoms with Gasteiger partial charge in [-0.3, -0.25) is 24.5 Å². The summed E-state index contributed by atoms with van der Waals surface area (Å²) in [6.07, 6.45) is 3.07. The van der Waals surface area contributed by atoms with Crippen molar-refractivity contribution in [3.05, 3.63) is 0 Å². The number of rotatable bonds is 5. The first-order chi connectivity index (χ1) is 7.69. The van der Waals surface area contributed by atoms with Gasteiger partial charge in [-0.05, 0) is 6.42 Å². The van der Waals surface area contributed by atoms with E-state index in [9.17, 15) is 9.59 Å². The zero-order valence-corrected chi connectivity index (χ0v) is 9.43. The average molecular weight is 224 g/mol. The molecular formula is C10H16N4O2. The molecule has 0 aliphatic carbocycles. The van der Waals surface area contributed by atoms with E-state index in [1.807, 2.05) is 0 Å². The number of carbonyl (C=O) groups is 2. The molecule has 0 spiro atoms. The topological polar surface area (TPSA) is 65.3 Å². The zero-order chi connectivity index (χ0) is 12.0. The number of likely N-dealkylation sites (tertiary alicyclic amines) is 1. The molecule has 1 rings (SSSR count). The van der Waals surface area contributed by atoms with Crippen molar-refractivity contribution >= 4 is 24.9 Å². The second-order valence-corrected chi connectivity index (χ2v) is 3.47. The van der Waals surface area contributed by atoms with Crippen LogP contribution in [0.25, 0.3) is 0 Å². The minimum absolute atomic E-state index is 0.103. The van der Waals surface area contributed by atoms with Crippen molar-refractivity contribution in [2.75, 3.05) is 20.1 Å². The van der Waals surface area contributed by atoms with Crippen molar-refractivity contribution in [2.45, 2.75) is 19.3 Å². The average Bonchev–Trinajstić information content (AvgIpc) is 2.27. The SMILES string of the molecule is C=NN(C=NC)CCN1C(=O)CCCC1=O. The highest BCUT2D eigenvalue weighted by atomic mass is 16.2. The molecule has 1 fully saturated rings. The number of carbonyl (C=O) groups excluding carboxylic acids is 2. The van der Waals surface area contributed by atoms with E-state index in [1.54, 1.807) is 7.05 Å². The Bertz CT molecular complexity index is 298. The number of hydrogen-bond donors (Lipinski definition) is 0. The molecule has 1 aliphatic rings. The van der Waals surface area contributed by atoms with E-state index in [2.05, 4.69) is 16.8 Å². The van der Waals surface area contributed by atoms with Crippen LogP contribution in [-0.4, -0.2) is 54.9 Å². The van der Waals surface area contributed by atoms with Gasteiger partial charge in [0.25, 0.3) is 0 Å². The van der Waals surface area contributed by atoms with E-state index in [1.165, 1.54) is 16.2 Å². The summed E-state index contributed by atoms with van der Waals surface area (Å²) in [5.74, 6) is -0.206. The maximum Gasteiger partial charge on any atom is 0.229 e. The first-order valence-corrected chi connectivity index (χ1v) is 5.17. The van der Waals surface area contributed by atoms with Crippen molar-refractivity contribution < 1.29 is 9.59 Å². The molecule has 16 heavy (non-hydrogen) atoms.